The molecule has 1 rings (SSSR count). The van der Waals surface area contributed by atoms with E-state index in [-0.39, 0.29) is 12.2 Å². The minimum atomic E-state index is 0.0886. The molecule has 1 aromatic rings. The van der Waals surface area contributed by atoms with E-state index in [0.717, 1.165) is 11.3 Å². The predicted octanol–water partition coefficient (Wildman–Crippen LogP) is 3.63. The van der Waals surface area contributed by atoms with Crippen molar-refractivity contribution in [1.82, 2.24) is 5.32 Å². The maximum Gasteiger partial charge on any atom is 0.163 e. The zero-order chi connectivity index (χ0) is 13.7. The molecule has 1 aromatic carbocycles. The van der Waals surface area contributed by atoms with Crippen LogP contribution in [-0.2, 0) is 6.54 Å². The van der Waals surface area contributed by atoms with Crippen LogP contribution in [-0.4, -0.2) is 19.3 Å². The Labute approximate surface area is 114 Å². The van der Waals surface area contributed by atoms with E-state index < -0.39 is 0 Å². The maximum atomic E-state index is 6.22. The Bertz CT molecular complexity index is 392. The lowest BCUT2D eigenvalue weighted by Crippen LogP contribution is -2.12. The number of hydrogen-bond acceptors (Lipinski definition) is 3. The molecule has 18 heavy (non-hydrogen) atoms. The fourth-order valence-electron chi connectivity index (χ4n) is 1.60. The average molecular weight is 272 g/mol. The SMILES string of the molecule is CNCc1cc(OC(C)C)c(OC(C)C)cc1Cl. The zero-order valence-electron chi connectivity index (χ0n) is 11.7. The van der Waals surface area contributed by atoms with Crippen molar-refractivity contribution in [3.05, 3.63) is 22.7 Å². The van der Waals surface area contributed by atoms with Crippen LogP contribution in [0.3, 0.4) is 0 Å². The molecule has 0 aromatic heterocycles. The lowest BCUT2D eigenvalue weighted by atomic mass is 10.2. The summed E-state index contributed by atoms with van der Waals surface area (Å²) in [5.74, 6) is 1.44. The summed E-state index contributed by atoms with van der Waals surface area (Å²) < 4.78 is 11.5. The first-order valence-electron chi connectivity index (χ1n) is 6.24. The summed E-state index contributed by atoms with van der Waals surface area (Å²) in [5.41, 5.74) is 1.01. The number of rotatable bonds is 6. The van der Waals surface area contributed by atoms with Gasteiger partial charge in [-0.25, -0.2) is 0 Å². The second kappa shape index (κ2) is 6.86. The molecule has 0 heterocycles. The molecule has 0 radical (unpaired) electrons. The molecule has 0 bridgehead atoms. The fourth-order valence-corrected chi connectivity index (χ4v) is 1.82. The minimum absolute atomic E-state index is 0.0886. The highest BCUT2D eigenvalue weighted by Gasteiger charge is 2.13. The van der Waals surface area contributed by atoms with E-state index in [9.17, 15) is 0 Å². The monoisotopic (exact) mass is 271 g/mol. The van der Waals surface area contributed by atoms with Crippen LogP contribution in [0.1, 0.15) is 33.3 Å². The Kier molecular flexibility index (Phi) is 5.76. The summed E-state index contributed by atoms with van der Waals surface area (Å²) in [7, 11) is 1.89. The number of nitrogens with one attached hydrogen (secondary N) is 1. The number of halogens is 1. The molecule has 0 aliphatic rings. The van der Waals surface area contributed by atoms with Gasteiger partial charge >= 0.3 is 0 Å². The molecule has 102 valence electrons. The Morgan fingerprint density at radius 1 is 1.06 bits per heavy atom. The van der Waals surface area contributed by atoms with Gasteiger partial charge in [-0.05, 0) is 46.4 Å². The largest absolute Gasteiger partial charge is 0.487 e. The first-order chi connectivity index (χ1) is 8.43. The average Bonchev–Trinajstić information content (AvgIpc) is 2.23. The van der Waals surface area contributed by atoms with E-state index >= 15 is 0 Å². The predicted molar refractivity (Wildman–Crippen MR) is 75.7 cm³/mol. The topological polar surface area (TPSA) is 30.5 Å². The molecule has 0 spiro atoms. The Balaban J connectivity index is 3.10. The van der Waals surface area contributed by atoms with Crippen LogP contribution in [0.5, 0.6) is 11.5 Å². The molecule has 0 amide bonds. The van der Waals surface area contributed by atoms with Crippen molar-refractivity contribution in [3.63, 3.8) is 0 Å². The number of hydrogen-bond donors (Lipinski definition) is 1. The lowest BCUT2D eigenvalue weighted by Gasteiger charge is -2.19. The van der Waals surface area contributed by atoms with Gasteiger partial charge in [-0.2, -0.15) is 0 Å². The summed E-state index contributed by atoms with van der Waals surface area (Å²) in [4.78, 5) is 0. The summed E-state index contributed by atoms with van der Waals surface area (Å²) >= 11 is 6.22. The highest BCUT2D eigenvalue weighted by atomic mass is 35.5. The van der Waals surface area contributed by atoms with Crippen molar-refractivity contribution < 1.29 is 9.47 Å². The van der Waals surface area contributed by atoms with Gasteiger partial charge in [-0.1, -0.05) is 11.6 Å². The van der Waals surface area contributed by atoms with E-state index in [1.807, 2.05) is 46.9 Å². The van der Waals surface area contributed by atoms with Gasteiger partial charge in [0.05, 0.1) is 12.2 Å². The van der Waals surface area contributed by atoms with Gasteiger partial charge in [-0.15, -0.1) is 0 Å². The van der Waals surface area contributed by atoms with Gasteiger partial charge in [0.1, 0.15) is 0 Å². The van der Waals surface area contributed by atoms with Crippen LogP contribution < -0.4 is 14.8 Å². The van der Waals surface area contributed by atoms with E-state index in [2.05, 4.69) is 5.32 Å². The summed E-state index contributed by atoms with van der Waals surface area (Å²) in [6, 6.07) is 3.77. The van der Waals surface area contributed by atoms with Crippen molar-refractivity contribution in [2.24, 2.45) is 0 Å². The van der Waals surface area contributed by atoms with Crippen molar-refractivity contribution in [3.8, 4) is 11.5 Å². The third-order valence-electron chi connectivity index (χ3n) is 2.21. The summed E-state index contributed by atoms with van der Waals surface area (Å²) in [5, 5.41) is 3.78. The maximum absolute atomic E-state index is 6.22. The summed E-state index contributed by atoms with van der Waals surface area (Å²) in [6.45, 7) is 8.65. The van der Waals surface area contributed by atoms with Crippen LogP contribution in [0.4, 0.5) is 0 Å². The molecule has 0 unspecified atom stereocenters. The van der Waals surface area contributed by atoms with Crippen molar-refractivity contribution in [1.29, 1.82) is 0 Å². The van der Waals surface area contributed by atoms with Gasteiger partial charge in [0.25, 0.3) is 0 Å². The first-order valence-corrected chi connectivity index (χ1v) is 6.62. The molecule has 0 saturated heterocycles. The van der Waals surface area contributed by atoms with Crippen LogP contribution in [0.2, 0.25) is 5.02 Å². The standard InChI is InChI=1S/C14H22ClNO2/c1-9(2)17-13-6-11(8-16-5)12(15)7-14(13)18-10(3)4/h6-7,9-10,16H,8H2,1-5H3. The van der Waals surface area contributed by atoms with Crippen LogP contribution in [0.25, 0.3) is 0 Å². The first kappa shape index (κ1) is 15.1. The lowest BCUT2D eigenvalue weighted by molar-refractivity contribution is 0.198. The Morgan fingerprint density at radius 2 is 1.56 bits per heavy atom. The van der Waals surface area contributed by atoms with Gasteiger partial charge in [-0.3, -0.25) is 0 Å². The molecule has 3 nitrogen and oxygen atoms in total. The number of benzene rings is 1. The highest BCUT2D eigenvalue weighted by Crippen LogP contribution is 2.34. The van der Waals surface area contributed by atoms with Crippen molar-refractivity contribution in [2.75, 3.05) is 7.05 Å². The third kappa shape index (κ3) is 4.39. The molecule has 0 aliphatic heterocycles. The van der Waals surface area contributed by atoms with Crippen molar-refractivity contribution in [2.45, 2.75) is 46.4 Å². The highest BCUT2D eigenvalue weighted by molar-refractivity contribution is 6.31. The van der Waals surface area contributed by atoms with Gasteiger partial charge < -0.3 is 14.8 Å². The van der Waals surface area contributed by atoms with Crippen LogP contribution in [0, 0.1) is 0 Å². The molecule has 0 fully saturated rings. The Morgan fingerprint density at radius 3 is 2.00 bits per heavy atom. The molecule has 0 atom stereocenters. The third-order valence-corrected chi connectivity index (χ3v) is 2.56. The van der Waals surface area contributed by atoms with Crippen molar-refractivity contribution >= 4 is 11.6 Å². The minimum Gasteiger partial charge on any atom is -0.487 e. The Hall–Kier alpha value is -0.930. The fraction of sp³-hybridized carbons (Fsp3) is 0.571. The van der Waals surface area contributed by atoms with Gasteiger partial charge in [0.15, 0.2) is 11.5 Å². The molecule has 0 aliphatic carbocycles. The van der Waals surface area contributed by atoms with Gasteiger partial charge in [0, 0.05) is 17.6 Å². The summed E-state index contributed by atoms with van der Waals surface area (Å²) in [6.07, 6.45) is 0.189. The second-order valence-corrected chi connectivity index (χ2v) is 5.16. The number of ether oxygens (including phenoxy) is 2. The quantitative estimate of drug-likeness (QED) is 0.857. The smallest absolute Gasteiger partial charge is 0.163 e. The molecule has 0 saturated carbocycles. The van der Waals surface area contributed by atoms with Gasteiger partial charge in [0.2, 0.25) is 0 Å². The molecular weight excluding hydrogens is 250 g/mol. The van der Waals surface area contributed by atoms with E-state index in [0.29, 0.717) is 17.3 Å². The zero-order valence-corrected chi connectivity index (χ0v) is 12.5. The molecular formula is C14H22ClNO2. The van der Waals surface area contributed by atoms with E-state index in [1.54, 1.807) is 0 Å². The normalized spacial score (nSPS) is 11.1. The van der Waals surface area contributed by atoms with E-state index in [4.69, 9.17) is 21.1 Å². The second-order valence-electron chi connectivity index (χ2n) is 4.75. The van der Waals surface area contributed by atoms with E-state index in [1.165, 1.54) is 0 Å². The molecule has 4 heteroatoms. The van der Waals surface area contributed by atoms with Crippen LogP contribution in [0.15, 0.2) is 12.1 Å². The van der Waals surface area contributed by atoms with Crippen LogP contribution >= 0.6 is 11.6 Å². The molecule has 1 N–H and O–H groups in total.